The number of aromatic nitrogens is 4. The number of rotatable bonds is 14. The van der Waals surface area contributed by atoms with Crippen LogP contribution in [0.3, 0.4) is 0 Å². The first kappa shape index (κ1) is 52.6. The average Bonchev–Trinajstić information content (AvgIpc) is 4.13. The van der Waals surface area contributed by atoms with E-state index in [0.717, 1.165) is 41.5 Å². The third-order valence-electron chi connectivity index (χ3n) is 12.6. The number of nitrogens with zero attached hydrogens (tertiary/aromatic N) is 6. The van der Waals surface area contributed by atoms with Gasteiger partial charge in [-0.05, 0) is 122 Å². The molecule has 3 N–H and O–H groups in total. The van der Waals surface area contributed by atoms with Gasteiger partial charge in [0.15, 0.2) is 11.4 Å². The molecule has 0 radical (unpaired) electrons. The zero-order chi connectivity index (χ0) is 50.7. The van der Waals surface area contributed by atoms with Gasteiger partial charge in [0, 0.05) is 49.7 Å². The van der Waals surface area contributed by atoms with E-state index in [4.69, 9.17) is 52.0 Å². The normalized spacial score (nSPS) is 22.0. The van der Waals surface area contributed by atoms with Crippen molar-refractivity contribution >= 4 is 47.2 Å². The molecule has 380 valence electrons. The van der Waals surface area contributed by atoms with Crippen LogP contribution in [0.1, 0.15) is 106 Å². The largest absolute Gasteiger partial charge is 0.489 e. The number of benzene rings is 2. The van der Waals surface area contributed by atoms with E-state index >= 15 is 0 Å². The number of likely N-dealkylation sites (tertiary alicyclic amines) is 2. The smallest absolute Gasteiger partial charge is 0.359 e. The first-order valence-electron chi connectivity index (χ1n) is 23.5. The number of halogens is 2. The molecule has 4 aliphatic rings. The predicted molar refractivity (Wildman–Crippen MR) is 257 cm³/mol. The maximum absolute atomic E-state index is 13.0. The number of carboxylic acids is 1. The molecule has 2 amide bonds. The Bertz CT molecular complexity index is 2480. The second-order valence-corrected chi connectivity index (χ2v) is 21.7. The number of carbonyl (C=O) groups is 4. The number of ether oxygens (including phenoxy) is 5. The molecule has 6 atom stereocenters. The standard InChI is InChI=1S/C27H36ClN3O6.C23H28ClN3O6/c1-26(2,3)37-24(32)21-9-10-31(29-21)25(33)30-13-18-11-20(12-19(18)14-30)35-15-17-7-6-8-22(23(17)28)36-16-27(4,5)34;1-23(2,31)13-33-19-5-3-4-14(20(19)24)12-32-17-8-15-10-26(11-16(15)9-17)22(30)27-7-6-18(25-27)21(28)29/h6-10,18-20,34H,11-16H2,1-5H3;3-7,15-17,31H,8-13H2,1-2H3,(H,28,29)/t18-,19+,20?;15-,16+,17?. The van der Waals surface area contributed by atoms with Crippen LogP contribution in [0.25, 0.3) is 0 Å². The van der Waals surface area contributed by atoms with Gasteiger partial charge in [0.1, 0.15) is 30.3 Å². The molecular formula is C50H64Cl2N6O12. The quantitative estimate of drug-likeness (QED) is 0.103. The summed E-state index contributed by atoms with van der Waals surface area (Å²) in [5, 5.41) is 37.7. The van der Waals surface area contributed by atoms with Crippen molar-refractivity contribution in [1.29, 1.82) is 0 Å². The maximum atomic E-state index is 13.0. The zero-order valence-corrected chi connectivity index (χ0v) is 42.2. The molecule has 2 aliphatic carbocycles. The van der Waals surface area contributed by atoms with Crippen LogP contribution >= 0.6 is 23.2 Å². The summed E-state index contributed by atoms with van der Waals surface area (Å²) >= 11 is 13.0. The van der Waals surface area contributed by atoms with Crippen molar-refractivity contribution in [2.75, 3.05) is 39.4 Å². The van der Waals surface area contributed by atoms with Crippen molar-refractivity contribution in [3.05, 3.63) is 93.5 Å². The number of amides is 2. The Morgan fingerprint density at radius 2 is 1.00 bits per heavy atom. The van der Waals surface area contributed by atoms with Crippen molar-refractivity contribution in [3.8, 4) is 11.5 Å². The van der Waals surface area contributed by atoms with E-state index in [9.17, 15) is 29.4 Å². The molecule has 2 aromatic heterocycles. The number of aromatic carboxylic acids is 1. The molecule has 2 saturated heterocycles. The molecule has 4 heterocycles. The van der Waals surface area contributed by atoms with Crippen LogP contribution in [-0.2, 0) is 27.4 Å². The highest BCUT2D eigenvalue weighted by atomic mass is 35.5. The molecule has 2 saturated carbocycles. The second kappa shape index (κ2) is 21.6. The summed E-state index contributed by atoms with van der Waals surface area (Å²) in [6, 6.07) is 13.3. The highest BCUT2D eigenvalue weighted by Crippen LogP contribution is 2.42. The summed E-state index contributed by atoms with van der Waals surface area (Å²) in [5.74, 6) is 0.716. The minimum absolute atomic E-state index is 0.0811. The van der Waals surface area contributed by atoms with E-state index in [1.807, 2.05) is 24.3 Å². The van der Waals surface area contributed by atoms with Crippen LogP contribution in [0.15, 0.2) is 60.9 Å². The molecular weight excluding hydrogens is 947 g/mol. The SMILES string of the molecule is CC(C)(O)COc1cccc(COC2C[C@@H]3CN(C(=O)n4ccc(C(=O)O)n4)C[C@@H]3C2)c1Cl.CC(C)(O)COc1cccc(COC2C[C@@H]3CN(C(=O)n4ccc(C(=O)OC(C)(C)C)n4)C[C@@H]3C2)c1Cl. The summed E-state index contributed by atoms with van der Waals surface area (Å²) in [4.78, 5) is 52.4. The van der Waals surface area contributed by atoms with Crippen molar-refractivity contribution in [2.45, 2.75) is 116 Å². The third kappa shape index (κ3) is 13.8. The Kier molecular flexibility index (Phi) is 16.2. The van der Waals surface area contributed by atoms with Crippen molar-refractivity contribution in [3.63, 3.8) is 0 Å². The molecule has 0 spiro atoms. The van der Waals surface area contributed by atoms with Crippen LogP contribution in [0.2, 0.25) is 10.0 Å². The Morgan fingerprint density at radius 1 is 0.614 bits per heavy atom. The highest BCUT2D eigenvalue weighted by Gasteiger charge is 2.45. The fourth-order valence-corrected chi connectivity index (χ4v) is 9.73. The first-order valence-corrected chi connectivity index (χ1v) is 24.3. The topological polar surface area (TPSA) is 217 Å². The van der Waals surface area contributed by atoms with Gasteiger partial charge in [-0.2, -0.15) is 19.6 Å². The van der Waals surface area contributed by atoms with E-state index in [0.29, 0.717) is 84.6 Å². The lowest BCUT2D eigenvalue weighted by molar-refractivity contribution is 0.00615. The third-order valence-corrected chi connectivity index (χ3v) is 13.4. The van der Waals surface area contributed by atoms with E-state index in [-0.39, 0.29) is 48.9 Å². The van der Waals surface area contributed by atoms with Gasteiger partial charge in [0.05, 0.1) is 46.7 Å². The van der Waals surface area contributed by atoms with E-state index in [1.165, 1.54) is 29.2 Å². The number of esters is 1. The Labute approximate surface area is 417 Å². The van der Waals surface area contributed by atoms with Gasteiger partial charge < -0.3 is 48.8 Å². The molecule has 4 fully saturated rings. The van der Waals surface area contributed by atoms with Gasteiger partial charge in [-0.1, -0.05) is 47.5 Å². The minimum Gasteiger partial charge on any atom is -0.489 e. The maximum Gasteiger partial charge on any atom is 0.359 e. The number of hydrogen-bond acceptors (Lipinski definition) is 13. The van der Waals surface area contributed by atoms with Gasteiger partial charge in [-0.25, -0.2) is 19.2 Å². The molecule has 2 aliphatic heterocycles. The van der Waals surface area contributed by atoms with E-state index in [2.05, 4.69) is 10.2 Å². The lowest BCUT2D eigenvalue weighted by atomic mass is 10.0. The van der Waals surface area contributed by atoms with Gasteiger partial charge in [0.2, 0.25) is 0 Å². The van der Waals surface area contributed by atoms with Crippen LogP contribution < -0.4 is 9.47 Å². The fourth-order valence-electron chi connectivity index (χ4n) is 9.26. The Balaban J connectivity index is 0.000000208. The average molecular weight is 1010 g/mol. The molecule has 2 unspecified atom stereocenters. The number of fused-ring (bicyclic) bond motifs is 2. The lowest BCUT2D eigenvalue weighted by Crippen LogP contribution is -2.34. The van der Waals surface area contributed by atoms with Crippen molar-refractivity contribution in [1.82, 2.24) is 29.4 Å². The summed E-state index contributed by atoms with van der Waals surface area (Å²) < 4.78 is 31.3. The molecule has 8 rings (SSSR count). The van der Waals surface area contributed by atoms with Gasteiger partial charge in [-0.3, -0.25) is 0 Å². The van der Waals surface area contributed by atoms with Crippen molar-refractivity contribution in [2.24, 2.45) is 23.7 Å². The molecule has 2 aromatic carbocycles. The molecule has 20 heteroatoms. The Morgan fingerprint density at radius 3 is 1.36 bits per heavy atom. The number of carbonyl (C=O) groups excluding carboxylic acids is 3. The molecule has 0 bridgehead atoms. The molecule has 4 aromatic rings. The van der Waals surface area contributed by atoms with Gasteiger partial charge in [-0.15, -0.1) is 0 Å². The monoisotopic (exact) mass is 1010 g/mol. The zero-order valence-electron chi connectivity index (χ0n) is 40.7. The number of aliphatic hydroxyl groups is 2. The van der Waals surface area contributed by atoms with Crippen molar-refractivity contribution < 1.29 is 58.2 Å². The second-order valence-electron chi connectivity index (χ2n) is 21.0. The van der Waals surface area contributed by atoms with Crippen LogP contribution in [-0.4, -0.2) is 137 Å². The summed E-state index contributed by atoms with van der Waals surface area (Å²) in [6.07, 6.45) is 6.48. The Hall–Kier alpha value is -5.24. The summed E-state index contributed by atoms with van der Waals surface area (Å²) in [7, 11) is 0. The van der Waals surface area contributed by atoms with Gasteiger partial charge >= 0.3 is 24.0 Å². The van der Waals surface area contributed by atoms with E-state index < -0.39 is 28.7 Å². The van der Waals surface area contributed by atoms with Crippen LogP contribution in [0.4, 0.5) is 9.59 Å². The number of carboxylic acid groups (broad SMARTS) is 1. The van der Waals surface area contributed by atoms with Gasteiger partial charge in [0.25, 0.3) is 0 Å². The highest BCUT2D eigenvalue weighted by molar-refractivity contribution is 6.33. The van der Waals surface area contributed by atoms with Crippen LogP contribution in [0.5, 0.6) is 11.5 Å². The lowest BCUT2D eigenvalue weighted by Gasteiger charge is -2.20. The fraction of sp³-hybridized carbons (Fsp3) is 0.560. The van der Waals surface area contributed by atoms with Crippen LogP contribution in [0, 0.1) is 23.7 Å². The minimum atomic E-state index is -1.16. The number of hydrogen-bond donors (Lipinski definition) is 3. The molecule has 18 nitrogen and oxygen atoms in total. The summed E-state index contributed by atoms with van der Waals surface area (Å²) in [5.41, 5.74) is -0.911. The predicted octanol–water partition coefficient (Wildman–Crippen LogP) is 7.82. The molecule has 70 heavy (non-hydrogen) atoms. The van der Waals surface area contributed by atoms with E-state index in [1.54, 1.807) is 70.4 Å². The first-order chi connectivity index (χ1) is 32.9. The summed E-state index contributed by atoms with van der Waals surface area (Å²) in [6.45, 7) is 15.5.